The molecule has 0 radical (unpaired) electrons. The summed E-state index contributed by atoms with van der Waals surface area (Å²) in [4.78, 5) is 0. The van der Waals surface area contributed by atoms with E-state index in [4.69, 9.17) is 0 Å². The highest BCUT2D eigenvalue weighted by molar-refractivity contribution is 7.89. The fraction of sp³-hybridized carbons (Fsp3) is 0.818. The third-order valence-corrected chi connectivity index (χ3v) is 5.42. The van der Waals surface area contributed by atoms with Gasteiger partial charge in [0.2, 0.25) is 15.9 Å². The highest BCUT2D eigenvalue weighted by Crippen LogP contribution is 2.33. The Bertz CT molecular complexity index is 577. The van der Waals surface area contributed by atoms with E-state index in [0.29, 0.717) is 19.3 Å². The molecule has 1 saturated heterocycles. The van der Waals surface area contributed by atoms with Crippen molar-refractivity contribution in [1.29, 1.82) is 0 Å². The van der Waals surface area contributed by atoms with E-state index in [1.54, 1.807) is 6.92 Å². The maximum atomic E-state index is 12.4. The van der Waals surface area contributed by atoms with E-state index in [-0.39, 0.29) is 30.7 Å². The molecule has 0 amide bonds. The molecule has 120 valence electrons. The summed E-state index contributed by atoms with van der Waals surface area (Å²) in [5, 5.41) is 6.41. The molecule has 6 nitrogen and oxygen atoms in total. The second-order valence-corrected chi connectivity index (χ2v) is 7.02. The summed E-state index contributed by atoms with van der Waals surface area (Å²) in [6.45, 7) is 2.30. The van der Waals surface area contributed by atoms with Crippen LogP contribution in [0.1, 0.15) is 43.9 Å². The van der Waals surface area contributed by atoms with Crippen LogP contribution in [0, 0.1) is 0 Å². The number of nitrogens with zero attached hydrogens (tertiary/aromatic N) is 3. The lowest BCUT2D eigenvalue weighted by atomic mass is 9.98. The van der Waals surface area contributed by atoms with Crippen LogP contribution in [0.4, 0.5) is 13.2 Å². The topological polar surface area (TPSA) is 76.3 Å². The van der Waals surface area contributed by atoms with E-state index in [1.807, 2.05) is 0 Å². The van der Waals surface area contributed by atoms with Crippen LogP contribution < -0.4 is 0 Å². The van der Waals surface area contributed by atoms with E-state index < -0.39 is 22.1 Å². The van der Waals surface area contributed by atoms with Gasteiger partial charge in [-0.05, 0) is 19.3 Å². The van der Waals surface area contributed by atoms with Crippen LogP contribution in [0.25, 0.3) is 0 Å². The number of aromatic nitrogens is 2. The number of hydrogen-bond acceptors (Lipinski definition) is 5. The van der Waals surface area contributed by atoms with Crippen molar-refractivity contribution in [3.05, 3.63) is 11.8 Å². The second-order valence-electron chi connectivity index (χ2n) is 4.93. The molecule has 0 aromatic carbocycles. The molecular weight excluding hydrogens is 311 g/mol. The van der Waals surface area contributed by atoms with Crippen LogP contribution >= 0.6 is 0 Å². The monoisotopic (exact) mass is 327 g/mol. The van der Waals surface area contributed by atoms with Crippen molar-refractivity contribution in [3.63, 3.8) is 0 Å². The van der Waals surface area contributed by atoms with Crippen LogP contribution in [-0.2, 0) is 16.2 Å². The van der Waals surface area contributed by atoms with Crippen molar-refractivity contribution < 1.29 is 26.0 Å². The lowest BCUT2D eigenvalue weighted by Crippen LogP contribution is -2.39. The van der Waals surface area contributed by atoms with Gasteiger partial charge in [0.15, 0.2) is 0 Å². The summed E-state index contributed by atoms with van der Waals surface area (Å²) in [5.74, 6) is -1.69. The number of piperidine rings is 1. The molecule has 21 heavy (non-hydrogen) atoms. The Morgan fingerprint density at radius 3 is 2.38 bits per heavy atom. The molecular formula is C11H16F3N3O3S. The molecule has 2 rings (SSSR count). The maximum Gasteiger partial charge on any atom is 0.470 e. The molecule has 1 aliphatic rings. The normalized spacial score (nSPS) is 19.0. The predicted molar refractivity (Wildman–Crippen MR) is 66.9 cm³/mol. The fourth-order valence-corrected chi connectivity index (χ4v) is 3.82. The molecule has 0 unspecified atom stereocenters. The summed E-state index contributed by atoms with van der Waals surface area (Å²) in [5.41, 5.74) is 0. The van der Waals surface area contributed by atoms with Gasteiger partial charge in [0, 0.05) is 19.0 Å². The Labute approximate surface area is 120 Å². The van der Waals surface area contributed by atoms with Crippen molar-refractivity contribution in [1.82, 2.24) is 14.5 Å². The Hall–Kier alpha value is -1.16. The molecule has 1 aromatic heterocycles. The van der Waals surface area contributed by atoms with Gasteiger partial charge in [0.05, 0.1) is 5.75 Å². The quantitative estimate of drug-likeness (QED) is 0.845. The van der Waals surface area contributed by atoms with E-state index in [0.717, 1.165) is 0 Å². The van der Waals surface area contributed by atoms with Crippen LogP contribution in [0.5, 0.6) is 0 Å². The van der Waals surface area contributed by atoms with Crippen molar-refractivity contribution in [2.75, 3.05) is 18.8 Å². The van der Waals surface area contributed by atoms with Gasteiger partial charge in [-0.15, -0.1) is 10.2 Å². The minimum absolute atomic E-state index is 0.0742. The lowest BCUT2D eigenvalue weighted by molar-refractivity contribution is -0.157. The van der Waals surface area contributed by atoms with E-state index in [1.165, 1.54) is 4.31 Å². The molecule has 0 bridgehead atoms. The third-order valence-electron chi connectivity index (χ3n) is 3.34. The zero-order valence-electron chi connectivity index (χ0n) is 11.4. The highest BCUT2D eigenvalue weighted by Gasteiger charge is 2.39. The molecule has 1 fully saturated rings. The van der Waals surface area contributed by atoms with Gasteiger partial charge in [-0.25, -0.2) is 12.7 Å². The lowest BCUT2D eigenvalue weighted by Gasteiger charge is -2.29. The van der Waals surface area contributed by atoms with E-state index >= 15 is 0 Å². The molecule has 0 atom stereocenters. The highest BCUT2D eigenvalue weighted by atomic mass is 32.2. The first-order valence-electron chi connectivity index (χ1n) is 6.62. The SMILES string of the molecule is CCCS(=O)(=O)N1CCC(c2nnc(C(F)(F)F)o2)CC1. The van der Waals surface area contributed by atoms with Gasteiger partial charge in [0.25, 0.3) is 0 Å². The van der Waals surface area contributed by atoms with Crippen LogP contribution in [0.3, 0.4) is 0 Å². The Morgan fingerprint density at radius 1 is 1.29 bits per heavy atom. The Kier molecular flexibility index (Phi) is 4.57. The van der Waals surface area contributed by atoms with Gasteiger partial charge in [-0.1, -0.05) is 6.92 Å². The van der Waals surface area contributed by atoms with Crippen molar-refractivity contribution in [2.45, 2.75) is 38.3 Å². The minimum atomic E-state index is -4.66. The second kappa shape index (κ2) is 5.91. The standard InChI is InChI=1S/C11H16F3N3O3S/c1-2-7-21(18,19)17-5-3-8(4-6-17)9-15-16-10(20-9)11(12,13)14/h8H,2-7H2,1H3. The van der Waals surface area contributed by atoms with Gasteiger partial charge < -0.3 is 4.42 Å². The van der Waals surface area contributed by atoms with Crippen LogP contribution in [0.15, 0.2) is 4.42 Å². The molecule has 0 aliphatic carbocycles. The summed E-state index contributed by atoms with van der Waals surface area (Å²) >= 11 is 0. The summed E-state index contributed by atoms with van der Waals surface area (Å²) in [7, 11) is -3.27. The Balaban J connectivity index is 2.00. The first-order valence-corrected chi connectivity index (χ1v) is 8.23. The molecule has 0 saturated carbocycles. The van der Waals surface area contributed by atoms with Gasteiger partial charge >= 0.3 is 12.1 Å². The van der Waals surface area contributed by atoms with Crippen molar-refractivity contribution >= 4 is 10.0 Å². The third kappa shape index (κ3) is 3.73. The molecule has 0 spiro atoms. The first kappa shape index (κ1) is 16.2. The molecule has 1 aliphatic heterocycles. The zero-order valence-corrected chi connectivity index (χ0v) is 12.2. The minimum Gasteiger partial charge on any atom is -0.417 e. The number of sulfonamides is 1. The zero-order chi connectivity index (χ0) is 15.7. The van der Waals surface area contributed by atoms with Crippen molar-refractivity contribution in [2.24, 2.45) is 0 Å². The van der Waals surface area contributed by atoms with Gasteiger partial charge in [-0.3, -0.25) is 0 Å². The van der Waals surface area contributed by atoms with E-state index in [9.17, 15) is 21.6 Å². The van der Waals surface area contributed by atoms with Crippen LogP contribution in [0.2, 0.25) is 0 Å². The van der Waals surface area contributed by atoms with Crippen molar-refractivity contribution in [3.8, 4) is 0 Å². The maximum absolute atomic E-state index is 12.4. The smallest absolute Gasteiger partial charge is 0.417 e. The molecule has 0 N–H and O–H groups in total. The fourth-order valence-electron chi connectivity index (χ4n) is 2.28. The summed E-state index contributed by atoms with van der Waals surface area (Å²) in [6, 6.07) is 0. The van der Waals surface area contributed by atoms with E-state index in [2.05, 4.69) is 14.6 Å². The van der Waals surface area contributed by atoms with Gasteiger partial charge in [0.1, 0.15) is 0 Å². The molecule has 1 aromatic rings. The summed E-state index contributed by atoms with van der Waals surface area (Å²) in [6.07, 6.45) is -3.37. The molecule has 10 heteroatoms. The number of hydrogen-bond donors (Lipinski definition) is 0. The Morgan fingerprint density at radius 2 is 1.90 bits per heavy atom. The largest absolute Gasteiger partial charge is 0.470 e. The average molecular weight is 327 g/mol. The number of rotatable bonds is 4. The number of alkyl halides is 3. The predicted octanol–water partition coefficient (Wildman–Crippen LogP) is 2.01. The first-order chi connectivity index (χ1) is 9.74. The van der Waals surface area contributed by atoms with Crippen LogP contribution in [-0.4, -0.2) is 41.8 Å². The average Bonchev–Trinajstić information content (AvgIpc) is 2.88. The molecule has 2 heterocycles. The van der Waals surface area contributed by atoms with Gasteiger partial charge in [-0.2, -0.15) is 13.2 Å². The number of halogens is 3. The summed E-state index contributed by atoms with van der Waals surface area (Å²) < 4.78 is 67.0.